The van der Waals surface area contributed by atoms with Crippen LogP contribution in [-0.2, 0) is 4.79 Å². The van der Waals surface area contributed by atoms with E-state index in [0.717, 1.165) is 25.8 Å². The number of hydrogen-bond acceptors (Lipinski definition) is 2. The molecule has 1 fully saturated rings. The van der Waals surface area contributed by atoms with E-state index in [0.29, 0.717) is 5.41 Å². The summed E-state index contributed by atoms with van der Waals surface area (Å²) in [6.45, 7) is 11.8. The second-order valence-corrected chi connectivity index (χ2v) is 6.84. The van der Waals surface area contributed by atoms with Crippen LogP contribution in [0.1, 0.15) is 53.4 Å². The largest absolute Gasteiger partial charge is 0.481 e. The van der Waals surface area contributed by atoms with Gasteiger partial charge in [0.05, 0.1) is 5.41 Å². The molecule has 0 spiro atoms. The van der Waals surface area contributed by atoms with Gasteiger partial charge < -0.3 is 10.0 Å². The maximum absolute atomic E-state index is 10.9. The summed E-state index contributed by atoms with van der Waals surface area (Å²) in [4.78, 5) is 13.5. The Bertz CT molecular complexity index is 271. The molecule has 1 rings (SSSR count). The monoisotopic (exact) mass is 241 g/mol. The quantitative estimate of drug-likeness (QED) is 0.727. The summed E-state index contributed by atoms with van der Waals surface area (Å²) in [6, 6.07) is 0. The van der Waals surface area contributed by atoms with Gasteiger partial charge in [0.1, 0.15) is 0 Å². The van der Waals surface area contributed by atoms with Crippen LogP contribution in [-0.4, -0.2) is 35.6 Å². The fourth-order valence-corrected chi connectivity index (χ4v) is 2.42. The molecule has 0 radical (unpaired) electrons. The molecule has 3 nitrogen and oxygen atoms in total. The minimum Gasteiger partial charge on any atom is -0.481 e. The first kappa shape index (κ1) is 14.5. The van der Waals surface area contributed by atoms with E-state index in [-0.39, 0.29) is 0 Å². The Labute approximate surface area is 105 Å². The Kier molecular flexibility index (Phi) is 4.59. The van der Waals surface area contributed by atoms with Gasteiger partial charge in [-0.1, -0.05) is 20.3 Å². The van der Waals surface area contributed by atoms with E-state index in [1.807, 2.05) is 13.8 Å². The van der Waals surface area contributed by atoms with Gasteiger partial charge in [0.2, 0.25) is 0 Å². The molecule has 1 heterocycles. The van der Waals surface area contributed by atoms with E-state index in [1.54, 1.807) is 0 Å². The number of carboxylic acid groups (broad SMARTS) is 1. The molecule has 0 atom stereocenters. The molecule has 0 aromatic heterocycles. The molecule has 0 aromatic carbocycles. The lowest BCUT2D eigenvalue weighted by Crippen LogP contribution is -2.26. The SMILES string of the molecule is CC1(C)CCN(CCCCC(C)(C)C(=O)O)C1. The predicted molar refractivity (Wildman–Crippen MR) is 70.1 cm³/mol. The number of rotatable bonds is 6. The van der Waals surface area contributed by atoms with Crippen LogP contribution in [0.25, 0.3) is 0 Å². The second kappa shape index (κ2) is 5.38. The first-order valence-electron chi connectivity index (χ1n) is 6.69. The van der Waals surface area contributed by atoms with Gasteiger partial charge in [-0.15, -0.1) is 0 Å². The van der Waals surface area contributed by atoms with Crippen LogP contribution in [0.5, 0.6) is 0 Å². The number of likely N-dealkylation sites (tertiary alicyclic amines) is 1. The smallest absolute Gasteiger partial charge is 0.309 e. The maximum Gasteiger partial charge on any atom is 0.309 e. The highest BCUT2D eigenvalue weighted by Crippen LogP contribution is 2.29. The summed E-state index contributed by atoms with van der Waals surface area (Å²) in [6.07, 6.45) is 4.19. The van der Waals surface area contributed by atoms with Gasteiger partial charge in [-0.05, 0) is 51.6 Å². The second-order valence-electron chi connectivity index (χ2n) is 6.84. The van der Waals surface area contributed by atoms with E-state index in [9.17, 15) is 4.79 Å². The molecule has 0 unspecified atom stereocenters. The molecule has 1 saturated heterocycles. The fourth-order valence-electron chi connectivity index (χ4n) is 2.42. The number of aliphatic carboxylic acids is 1. The molecule has 100 valence electrons. The highest BCUT2D eigenvalue weighted by molar-refractivity contribution is 5.73. The standard InChI is InChI=1S/C14H27NO2/c1-13(2)8-10-15(11-13)9-6-5-7-14(3,4)12(16)17/h5-11H2,1-4H3,(H,16,17). The van der Waals surface area contributed by atoms with Crippen molar-refractivity contribution >= 4 is 5.97 Å². The molecule has 1 aliphatic rings. The van der Waals surface area contributed by atoms with Crippen LogP contribution in [0.2, 0.25) is 0 Å². The van der Waals surface area contributed by atoms with Crippen LogP contribution < -0.4 is 0 Å². The molecule has 0 saturated carbocycles. The van der Waals surface area contributed by atoms with Crippen molar-refractivity contribution in [2.75, 3.05) is 19.6 Å². The third kappa shape index (κ3) is 4.66. The Hall–Kier alpha value is -0.570. The van der Waals surface area contributed by atoms with Crippen LogP contribution in [0.4, 0.5) is 0 Å². The minimum absolute atomic E-state index is 0.473. The summed E-state index contributed by atoms with van der Waals surface area (Å²) in [7, 11) is 0. The summed E-state index contributed by atoms with van der Waals surface area (Å²) >= 11 is 0. The third-order valence-electron chi connectivity index (χ3n) is 3.86. The Morgan fingerprint density at radius 2 is 2.00 bits per heavy atom. The molecular weight excluding hydrogens is 214 g/mol. The van der Waals surface area contributed by atoms with Gasteiger partial charge in [0.25, 0.3) is 0 Å². The molecule has 1 N–H and O–H groups in total. The Morgan fingerprint density at radius 3 is 2.47 bits per heavy atom. The highest BCUT2D eigenvalue weighted by atomic mass is 16.4. The zero-order chi connectivity index (χ0) is 13.1. The van der Waals surface area contributed by atoms with Crippen LogP contribution >= 0.6 is 0 Å². The van der Waals surface area contributed by atoms with Crippen molar-refractivity contribution in [3.8, 4) is 0 Å². The van der Waals surface area contributed by atoms with Gasteiger partial charge >= 0.3 is 5.97 Å². The van der Waals surface area contributed by atoms with Gasteiger partial charge in [-0.25, -0.2) is 0 Å². The number of carbonyl (C=O) groups is 1. The van der Waals surface area contributed by atoms with Gasteiger partial charge in [-0.3, -0.25) is 4.79 Å². The van der Waals surface area contributed by atoms with Gasteiger partial charge in [-0.2, -0.15) is 0 Å². The van der Waals surface area contributed by atoms with Crippen molar-refractivity contribution in [2.24, 2.45) is 10.8 Å². The Balaban J connectivity index is 2.15. The summed E-state index contributed by atoms with van der Waals surface area (Å²) < 4.78 is 0. The van der Waals surface area contributed by atoms with Crippen molar-refractivity contribution in [3.63, 3.8) is 0 Å². The molecule has 0 aliphatic carbocycles. The average Bonchev–Trinajstić information content (AvgIpc) is 2.53. The van der Waals surface area contributed by atoms with E-state index in [2.05, 4.69) is 18.7 Å². The minimum atomic E-state index is -0.681. The summed E-state index contributed by atoms with van der Waals surface area (Å²) in [5, 5.41) is 9.01. The number of nitrogens with zero attached hydrogens (tertiary/aromatic N) is 1. The molecule has 0 aromatic rings. The van der Waals surface area contributed by atoms with E-state index in [4.69, 9.17) is 5.11 Å². The molecule has 3 heteroatoms. The summed E-state index contributed by atoms with van der Waals surface area (Å²) in [5.74, 6) is -0.681. The molecule has 1 aliphatic heterocycles. The number of hydrogen-bond donors (Lipinski definition) is 1. The normalized spacial score (nSPS) is 20.7. The number of carboxylic acids is 1. The van der Waals surface area contributed by atoms with Crippen molar-refractivity contribution < 1.29 is 9.90 Å². The molecule has 0 bridgehead atoms. The van der Waals surface area contributed by atoms with E-state index in [1.165, 1.54) is 19.5 Å². The lowest BCUT2D eigenvalue weighted by molar-refractivity contribution is -0.147. The lowest BCUT2D eigenvalue weighted by atomic mass is 9.87. The fraction of sp³-hybridized carbons (Fsp3) is 0.929. The molecule has 17 heavy (non-hydrogen) atoms. The first-order valence-corrected chi connectivity index (χ1v) is 6.69. The van der Waals surface area contributed by atoms with Crippen molar-refractivity contribution in [2.45, 2.75) is 53.4 Å². The van der Waals surface area contributed by atoms with Crippen molar-refractivity contribution in [1.29, 1.82) is 0 Å². The predicted octanol–water partition coefficient (Wildman–Crippen LogP) is 3.00. The third-order valence-corrected chi connectivity index (χ3v) is 3.86. The van der Waals surface area contributed by atoms with Crippen LogP contribution in [0, 0.1) is 10.8 Å². The van der Waals surface area contributed by atoms with Gasteiger partial charge in [0, 0.05) is 6.54 Å². The van der Waals surface area contributed by atoms with Gasteiger partial charge in [0.15, 0.2) is 0 Å². The highest BCUT2D eigenvalue weighted by Gasteiger charge is 2.29. The zero-order valence-corrected chi connectivity index (χ0v) is 11.8. The number of unbranched alkanes of at least 4 members (excludes halogenated alkanes) is 1. The average molecular weight is 241 g/mol. The lowest BCUT2D eigenvalue weighted by Gasteiger charge is -2.21. The molecular formula is C14H27NO2. The van der Waals surface area contributed by atoms with Crippen molar-refractivity contribution in [1.82, 2.24) is 4.90 Å². The van der Waals surface area contributed by atoms with Crippen LogP contribution in [0.15, 0.2) is 0 Å². The zero-order valence-electron chi connectivity index (χ0n) is 11.8. The van der Waals surface area contributed by atoms with Crippen LogP contribution in [0.3, 0.4) is 0 Å². The first-order chi connectivity index (χ1) is 7.73. The van der Waals surface area contributed by atoms with E-state index >= 15 is 0 Å². The molecule has 0 amide bonds. The van der Waals surface area contributed by atoms with Crippen molar-refractivity contribution in [3.05, 3.63) is 0 Å². The summed E-state index contributed by atoms with van der Waals surface area (Å²) in [5.41, 5.74) is -0.0926. The Morgan fingerprint density at radius 1 is 1.35 bits per heavy atom. The maximum atomic E-state index is 10.9. The topological polar surface area (TPSA) is 40.5 Å². The van der Waals surface area contributed by atoms with E-state index < -0.39 is 11.4 Å².